The molecule has 0 aliphatic carbocycles. The van der Waals surface area contributed by atoms with Gasteiger partial charge in [-0.1, -0.05) is 6.07 Å². The molecule has 0 radical (unpaired) electrons. The van der Waals surface area contributed by atoms with Crippen LogP contribution in [-0.4, -0.2) is 55.2 Å². The molecule has 9 nitrogen and oxygen atoms in total. The molecule has 1 fully saturated rings. The van der Waals surface area contributed by atoms with Gasteiger partial charge < -0.3 is 15.4 Å². The molecule has 3 aromatic heterocycles. The quantitative estimate of drug-likeness (QED) is 0.498. The highest BCUT2D eigenvalue weighted by atomic mass is 19.4. The average Bonchev–Trinajstić information content (AvgIpc) is 3.41. The number of hydrogen-bond acceptors (Lipinski definition) is 7. The molecular weight excluding hydrogens is 437 g/mol. The summed E-state index contributed by atoms with van der Waals surface area (Å²) in [5.41, 5.74) is 8.02. The molecule has 1 saturated heterocycles. The minimum Gasteiger partial charge on any atom is -0.494 e. The van der Waals surface area contributed by atoms with Crippen LogP contribution in [0.3, 0.4) is 0 Å². The van der Waals surface area contributed by atoms with E-state index in [2.05, 4.69) is 27.0 Å². The average molecular weight is 460 g/mol. The fourth-order valence-electron chi connectivity index (χ4n) is 4.43. The first-order chi connectivity index (χ1) is 15.7. The van der Waals surface area contributed by atoms with E-state index in [0.29, 0.717) is 35.0 Å². The van der Waals surface area contributed by atoms with Gasteiger partial charge in [0.05, 0.1) is 19.0 Å². The fraction of sp³-hybridized carbons (Fsp3) is 0.429. The van der Waals surface area contributed by atoms with E-state index in [1.807, 2.05) is 18.2 Å². The Hall–Kier alpha value is -3.57. The lowest BCUT2D eigenvalue weighted by atomic mass is 9.92. The van der Waals surface area contributed by atoms with Gasteiger partial charge in [-0.05, 0) is 31.9 Å². The van der Waals surface area contributed by atoms with E-state index in [1.54, 1.807) is 7.11 Å². The maximum absolute atomic E-state index is 12.7. The summed E-state index contributed by atoms with van der Waals surface area (Å²) in [6, 6.07) is 5.71. The molecule has 33 heavy (non-hydrogen) atoms. The van der Waals surface area contributed by atoms with E-state index in [0.717, 1.165) is 22.9 Å². The molecule has 4 heterocycles. The summed E-state index contributed by atoms with van der Waals surface area (Å²) in [5.74, 6) is 1.40. The van der Waals surface area contributed by atoms with Crippen LogP contribution in [0, 0.1) is 0 Å². The van der Waals surface area contributed by atoms with E-state index >= 15 is 0 Å². The number of methoxy groups -OCH3 is 1. The van der Waals surface area contributed by atoms with Crippen LogP contribution in [0.25, 0.3) is 16.6 Å². The first-order valence-corrected chi connectivity index (χ1v) is 10.6. The summed E-state index contributed by atoms with van der Waals surface area (Å²) >= 11 is 0. The molecule has 12 heteroatoms. The fourth-order valence-corrected chi connectivity index (χ4v) is 4.43. The van der Waals surface area contributed by atoms with Crippen molar-refractivity contribution < 1.29 is 17.9 Å². The van der Waals surface area contributed by atoms with Crippen molar-refractivity contribution in [3.05, 3.63) is 36.4 Å². The maximum atomic E-state index is 12.7. The van der Waals surface area contributed by atoms with Crippen LogP contribution >= 0.6 is 0 Å². The molecule has 1 aliphatic rings. The summed E-state index contributed by atoms with van der Waals surface area (Å²) in [4.78, 5) is 11.3. The first-order valence-electron chi connectivity index (χ1n) is 10.6. The monoisotopic (exact) mass is 460 g/mol. The highest BCUT2D eigenvalue weighted by Gasteiger charge is 2.32. The molecule has 4 aromatic rings. The maximum Gasteiger partial charge on any atom is 0.408 e. The van der Waals surface area contributed by atoms with Gasteiger partial charge in [-0.15, -0.1) is 5.10 Å². The van der Waals surface area contributed by atoms with Gasteiger partial charge in [0.2, 0.25) is 5.95 Å². The van der Waals surface area contributed by atoms with Gasteiger partial charge in [0.15, 0.2) is 11.5 Å². The molecule has 0 saturated carbocycles. The smallest absolute Gasteiger partial charge is 0.408 e. The molecular formula is C21H23F3N8O. The Morgan fingerprint density at radius 1 is 1.21 bits per heavy atom. The zero-order valence-corrected chi connectivity index (χ0v) is 18.1. The van der Waals surface area contributed by atoms with Gasteiger partial charge in [0.1, 0.15) is 17.8 Å². The van der Waals surface area contributed by atoms with E-state index in [4.69, 9.17) is 15.5 Å². The number of halogens is 3. The van der Waals surface area contributed by atoms with Crippen molar-refractivity contribution in [1.29, 1.82) is 0 Å². The standard InChI is InChI=1S/C21H23F3N8O/c1-12-6-7-13(9-31(12)14-8-26-30(10-14)11-21(22,23)24)18-28-19-15-4-3-5-16(33-2)17(15)27-20(25)32(19)29-18/h3-5,8,10,12-13H,6-7,9,11H2,1-2H3,(H2,25,27)/t12-,13-/m1/s1. The molecule has 1 aromatic carbocycles. The van der Waals surface area contributed by atoms with E-state index < -0.39 is 12.7 Å². The molecule has 2 N–H and O–H groups in total. The summed E-state index contributed by atoms with van der Waals surface area (Å²) in [6.45, 7) is 1.50. The minimum atomic E-state index is -4.32. The predicted molar refractivity (Wildman–Crippen MR) is 116 cm³/mol. The predicted octanol–water partition coefficient (Wildman–Crippen LogP) is 3.40. The van der Waals surface area contributed by atoms with Crippen molar-refractivity contribution in [3.63, 3.8) is 0 Å². The number of nitrogens with zero attached hydrogens (tertiary/aromatic N) is 7. The third kappa shape index (κ3) is 3.89. The van der Waals surface area contributed by atoms with Gasteiger partial charge in [-0.3, -0.25) is 4.68 Å². The van der Waals surface area contributed by atoms with Gasteiger partial charge in [-0.25, -0.2) is 9.97 Å². The van der Waals surface area contributed by atoms with Crippen LogP contribution in [0.2, 0.25) is 0 Å². The second kappa shape index (κ2) is 7.78. The zero-order valence-electron chi connectivity index (χ0n) is 18.1. The van der Waals surface area contributed by atoms with Crippen molar-refractivity contribution in [2.45, 2.75) is 44.4 Å². The van der Waals surface area contributed by atoms with Crippen LogP contribution in [0.15, 0.2) is 30.6 Å². The van der Waals surface area contributed by atoms with Crippen molar-refractivity contribution in [2.24, 2.45) is 0 Å². The first kappa shape index (κ1) is 21.3. The van der Waals surface area contributed by atoms with Gasteiger partial charge in [0.25, 0.3) is 0 Å². The number of piperidine rings is 1. The molecule has 5 rings (SSSR count). The van der Waals surface area contributed by atoms with Crippen molar-refractivity contribution >= 4 is 28.2 Å². The number of rotatable bonds is 4. The van der Waals surface area contributed by atoms with E-state index in [1.165, 1.54) is 16.9 Å². The lowest BCUT2D eigenvalue weighted by Crippen LogP contribution is -2.41. The highest BCUT2D eigenvalue weighted by molar-refractivity contribution is 5.95. The molecule has 2 atom stereocenters. The van der Waals surface area contributed by atoms with Crippen molar-refractivity contribution in [3.8, 4) is 5.75 Å². The zero-order chi connectivity index (χ0) is 23.3. The van der Waals surface area contributed by atoms with Crippen LogP contribution in [0.4, 0.5) is 24.8 Å². The minimum absolute atomic E-state index is 0.0212. The number of anilines is 2. The Morgan fingerprint density at radius 2 is 2.03 bits per heavy atom. The number of nitrogen functional groups attached to an aromatic ring is 1. The largest absolute Gasteiger partial charge is 0.494 e. The summed E-state index contributed by atoms with van der Waals surface area (Å²) in [7, 11) is 1.57. The van der Waals surface area contributed by atoms with Gasteiger partial charge in [0, 0.05) is 30.1 Å². The van der Waals surface area contributed by atoms with Crippen LogP contribution < -0.4 is 15.4 Å². The Labute approximate surface area is 187 Å². The van der Waals surface area contributed by atoms with Crippen LogP contribution in [-0.2, 0) is 6.54 Å². The lowest BCUT2D eigenvalue weighted by Gasteiger charge is -2.37. The summed E-state index contributed by atoms with van der Waals surface area (Å²) in [6.07, 6.45) is 0.278. The summed E-state index contributed by atoms with van der Waals surface area (Å²) in [5, 5.41) is 9.29. The number of benzene rings is 1. The normalized spacial score (nSPS) is 19.5. The molecule has 1 aliphatic heterocycles. The van der Waals surface area contributed by atoms with Crippen LogP contribution in [0.1, 0.15) is 31.5 Å². The number of aromatic nitrogens is 6. The third-order valence-corrected chi connectivity index (χ3v) is 6.07. The SMILES string of the molecule is COc1cccc2c1nc(N)n1nc([C@@H]3CC[C@@H](C)N(c4cnn(CC(F)(F)F)c4)C3)nc21. The highest BCUT2D eigenvalue weighted by Crippen LogP contribution is 2.34. The Bertz CT molecular complexity index is 1310. The lowest BCUT2D eigenvalue weighted by molar-refractivity contribution is -0.142. The van der Waals surface area contributed by atoms with E-state index in [-0.39, 0.29) is 17.9 Å². The van der Waals surface area contributed by atoms with Gasteiger partial charge in [-0.2, -0.15) is 22.8 Å². The molecule has 174 valence electrons. The Balaban J connectivity index is 1.47. The number of para-hydroxylation sites is 1. The number of nitrogens with two attached hydrogens (primary N) is 1. The second-order valence-electron chi connectivity index (χ2n) is 8.32. The molecule has 0 spiro atoms. The Morgan fingerprint density at radius 3 is 2.79 bits per heavy atom. The molecule has 0 unspecified atom stereocenters. The van der Waals surface area contributed by atoms with Crippen molar-refractivity contribution in [2.75, 3.05) is 24.3 Å². The number of alkyl halides is 3. The van der Waals surface area contributed by atoms with Crippen molar-refractivity contribution in [1.82, 2.24) is 29.4 Å². The van der Waals surface area contributed by atoms with Crippen LogP contribution in [0.5, 0.6) is 5.75 Å². The summed E-state index contributed by atoms with van der Waals surface area (Å²) < 4.78 is 46.0. The topological polar surface area (TPSA) is 99.4 Å². The Kier molecular flexibility index (Phi) is 5.02. The number of hydrogen-bond donors (Lipinski definition) is 1. The number of fused-ring (bicyclic) bond motifs is 3. The second-order valence-corrected chi connectivity index (χ2v) is 8.32. The van der Waals surface area contributed by atoms with Gasteiger partial charge >= 0.3 is 6.18 Å². The molecule has 0 bridgehead atoms. The van der Waals surface area contributed by atoms with E-state index in [9.17, 15) is 13.2 Å². The molecule has 0 amide bonds. The third-order valence-electron chi connectivity index (χ3n) is 6.07. The number of ether oxygens (including phenoxy) is 1.